The van der Waals surface area contributed by atoms with Gasteiger partial charge in [0.25, 0.3) is 0 Å². The molecule has 23 heavy (non-hydrogen) atoms. The van der Waals surface area contributed by atoms with E-state index in [4.69, 9.17) is 4.74 Å². The minimum absolute atomic E-state index is 0.100. The fourth-order valence-electron chi connectivity index (χ4n) is 2.88. The van der Waals surface area contributed by atoms with E-state index in [0.717, 1.165) is 37.6 Å². The van der Waals surface area contributed by atoms with Crippen LogP contribution in [-0.4, -0.2) is 55.7 Å². The Kier molecular flexibility index (Phi) is 5.52. The largest absolute Gasteiger partial charge is 0.495 e. The summed E-state index contributed by atoms with van der Waals surface area (Å²) in [5.41, 5.74) is 0.936. The molecule has 1 saturated heterocycles. The molecule has 5 nitrogen and oxygen atoms in total. The lowest BCUT2D eigenvalue weighted by molar-refractivity contribution is -0.127. The molecule has 0 bridgehead atoms. The molecule has 0 spiro atoms. The molecule has 1 aromatic rings. The molecule has 1 fully saturated rings. The van der Waals surface area contributed by atoms with Crippen molar-refractivity contribution in [2.75, 3.05) is 38.2 Å². The van der Waals surface area contributed by atoms with Gasteiger partial charge in [0, 0.05) is 31.7 Å². The van der Waals surface area contributed by atoms with Crippen molar-refractivity contribution in [2.24, 2.45) is 0 Å². The molecule has 1 heterocycles. The number of para-hydroxylation sites is 2. The molecule has 0 saturated carbocycles. The van der Waals surface area contributed by atoms with E-state index in [-0.39, 0.29) is 17.5 Å². The Balaban J connectivity index is 1.94. The molecule has 0 radical (unpaired) electrons. The highest BCUT2D eigenvalue weighted by Crippen LogP contribution is 2.28. The van der Waals surface area contributed by atoms with Gasteiger partial charge in [-0.05, 0) is 39.8 Å². The summed E-state index contributed by atoms with van der Waals surface area (Å²) in [6.07, 6.45) is 0. The molecule has 0 aliphatic carbocycles. The van der Waals surface area contributed by atoms with E-state index in [1.165, 1.54) is 0 Å². The van der Waals surface area contributed by atoms with Gasteiger partial charge >= 0.3 is 0 Å². The van der Waals surface area contributed by atoms with Gasteiger partial charge in [-0.25, -0.2) is 0 Å². The number of piperazine rings is 1. The zero-order valence-corrected chi connectivity index (χ0v) is 14.9. The van der Waals surface area contributed by atoms with Crippen LogP contribution in [0.25, 0.3) is 0 Å². The van der Waals surface area contributed by atoms with Crippen LogP contribution >= 0.6 is 0 Å². The van der Waals surface area contributed by atoms with Gasteiger partial charge in [-0.15, -0.1) is 0 Å². The van der Waals surface area contributed by atoms with Crippen LogP contribution in [0.1, 0.15) is 27.7 Å². The predicted octanol–water partition coefficient (Wildman–Crippen LogP) is 2.12. The summed E-state index contributed by atoms with van der Waals surface area (Å²) in [4.78, 5) is 16.9. The standard InChI is InChI=1S/C18H29N3O2/c1-14(17(22)19-18(2,3)4)20-10-12-21(13-11-20)15-8-6-7-9-16(15)23-5/h6-9,14H,10-13H2,1-5H3,(H,19,22). The number of ether oxygens (including phenoxy) is 1. The van der Waals surface area contributed by atoms with Crippen LogP contribution in [-0.2, 0) is 4.79 Å². The Hall–Kier alpha value is -1.75. The fraction of sp³-hybridized carbons (Fsp3) is 0.611. The van der Waals surface area contributed by atoms with E-state index in [1.807, 2.05) is 45.9 Å². The number of rotatable bonds is 4. The summed E-state index contributed by atoms with van der Waals surface area (Å²) in [6.45, 7) is 11.6. The minimum atomic E-state index is -0.190. The van der Waals surface area contributed by atoms with Gasteiger partial charge in [0.2, 0.25) is 5.91 Å². The number of carbonyl (C=O) groups excluding carboxylic acids is 1. The van der Waals surface area contributed by atoms with Gasteiger partial charge in [-0.2, -0.15) is 0 Å². The summed E-state index contributed by atoms with van der Waals surface area (Å²) in [5.74, 6) is 1.00. The van der Waals surface area contributed by atoms with Crippen LogP contribution in [0.5, 0.6) is 5.75 Å². The first-order chi connectivity index (χ1) is 10.8. The van der Waals surface area contributed by atoms with Crippen molar-refractivity contribution >= 4 is 11.6 Å². The molecule has 1 aliphatic heterocycles. The van der Waals surface area contributed by atoms with E-state index >= 15 is 0 Å². The molecule has 1 amide bonds. The molecule has 1 unspecified atom stereocenters. The maximum absolute atomic E-state index is 12.3. The average molecular weight is 319 g/mol. The number of anilines is 1. The smallest absolute Gasteiger partial charge is 0.237 e. The Morgan fingerprint density at radius 3 is 2.35 bits per heavy atom. The van der Waals surface area contributed by atoms with Crippen LogP contribution in [0.2, 0.25) is 0 Å². The molecule has 1 aliphatic rings. The summed E-state index contributed by atoms with van der Waals surface area (Å²) in [7, 11) is 1.70. The lowest BCUT2D eigenvalue weighted by Crippen LogP contribution is -2.56. The van der Waals surface area contributed by atoms with E-state index in [2.05, 4.69) is 21.2 Å². The quantitative estimate of drug-likeness (QED) is 0.923. The second-order valence-electron chi connectivity index (χ2n) is 7.11. The maximum Gasteiger partial charge on any atom is 0.237 e. The molecule has 2 rings (SSSR count). The molecule has 5 heteroatoms. The Bertz CT molecular complexity index is 531. The van der Waals surface area contributed by atoms with Crippen molar-refractivity contribution < 1.29 is 9.53 Å². The zero-order valence-electron chi connectivity index (χ0n) is 14.9. The van der Waals surface area contributed by atoms with Gasteiger partial charge in [0.05, 0.1) is 18.8 Å². The first-order valence-electron chi connectivity index (χ1n) is 8.26. The number of hydrogen-bond donors (Lipinski definition) is 1. The second kappa shape index (κ2) is 7.21. The van der Waals surface area contributed by atoms with E-state index in [1.54, 1.807) is 7.11 Å². The Labute approximate surface area is 139 Å². The molecule has 128 valence electrons. The highest BCUT2D eigenvalue weighted by Gasteiger charge is 2.28. The van der Waals surface area contributed by atoms with Crippen molar-refractivity contribution in [1.29, 1.82) is 0 Å². The third-order valence-electron chi connectivity index (χ3n) is 4.17. The fourth-order valence-corrected chi connectivity index (χ4v) is 2.88. The summed E-state index contributed by atoms with van der Waals surface area (Å²) >= 11 is 0. The van der Waals surface area contributed by atoms with E-state index < -0.39 is 0 Å². The Morgan fingerprint density at radius 2 is 1.78 bits per heavy atom. The third kappa shape index (κ3) is 4.61. The SMILES string of the molecule is COc1ccccc1N1CCN(C(C)C(=O)NC(C)(C)C)CC1. The number of nitrogens with one attached hydrogen (secondary N) is 1. The number of methoxy groups -OCH3 is 1. The number of hydrogen-bond acceptors (Lipinski definition) is 4. The minimum Gasteiger partial charge on any atom is -0.495 e. The molecular formula is C18H29N3O2. The molecular weight excluding hydrogens is 290 g/mol. The van der Waals surface area contributed by atoms with Gasteiger partial charge in [-0.3, -0.25) is 9.69 Å². The second-order valence-corrected chi connectivity index (χ2v) is 7.11. The van der Waals surface area contributed by atoms with E-state index in [0.29, 0.717) is 0 Å². The highest BCUT2D eigenvalue weighted by atomic mass is 16.5. The van der Waals surface area contributed by atoms with Crippen molar-refractivity contribution in [3.05, 3.63) is 24.3 Å². The van der Waals surface area contributed by atoms with Gasteiger partial charge in [0.15, 0.2) is 0 Å². The van der Waals surface area contributed by atoms with Gasteiger partial charge < -0.3 is 15.0 Å². The van der Waals surface area contributed by atoms with Crippen molar-refractivity contribution in [1.82, 2.24) is 10.2 Å². The van der Waals surface area contributed by atoms with E-state index in [9.17, 15) is 4.79 Å². The van der Waals surface area contributed by atoms with Crippen LogP contribution in [0.15, 0.2) is 24.3 Å². The number of benzene rings is 1. The molecule has 1 N–H and O–H groups in total. The van der Waals surface area contributed by atoms with Crippen LogP contribution in [0.4, 0.5) is 5.69 Å². The van der Waals surface area contributed by atoms with Gasteiger partial charge in [0.1, 0.15) is 5.75 Å². The van der Waals surface area contributed by atoms with Crippen molar-refractivity contribution in [3.63, 3.8) is 0 Å². The number of amides is 1. The predicted molar refractivity (Wildman–Crippen MR) is 94.1 cm³/mol. The van der Waals surface area contributed by atoms with Crippen LogP contribution < -0.4 is 15.0 Å². The zero-order chi connectivity index (χ0) is 17.0. The molecule has 1 aromatic carbocycles. The lowest BCUT2D eigenvalue weighted by atomic mass is 10.1. The third-order valence-corrected chi connectivity index (χ3v) is 4.17. The van der Waals surface area contributed by atoms with Crippen molar-refractivity contribution in [2.45, 2.75) is 39.3 Å². The van der Waals surface area contributed by atoms with Crippen molar-refractivity contribution in [3.8, 4) is 5.75 Å². The number of nitrogens with zero attached hydrogens (tertiary/aromatic N) is 2. The monoisotopic (exact) mass is 319 g/mol. The lowest BCUT2D eigenvalue weighted by Gasteiger charge is -2.39. The van der Waals surface area contributed by atoms with Crippen LogP contribution in [0, 0.1) is 0 Å². The molecule has 0 aromatic heterocycles. The first kappa shape index (κ1) is 17.6. The van der Waals surface area contributed by atoms with Gasteiger partial charge in [-0.1, -0.05) is 12.1 Å². The summed E-state index contributed by atoms with van der Waals surface area (Å²) < 4.78 is 5.45. The average Bonchev–Trinajstić information content (AvgIpc) is 2.52. The summed E-state index contributed by atoms with van der Waals surface area (Å²) in [5, 5.41) is 3.06. The number of carbonyl (C=O) groups is 1. The van der Waals surface area contributed by atoms with Crippen LogP contribution in [0.3, 0.4) is 0 Å². The summed E-state index contributed by atoms with van der Waals surface area (Å²) in [6, 6.07) is 7.99. The first-order valence-corrected chi connectivity index (χ1v) is 8.26. The topological polar surface area (TPSA) is 44.8 Å². The Morgan fingerprint density at radius 1 is 1.17 bits per heavy atom. The normalized spacial score (nSPS) is 17.7. The molecule has 1 atom stereocenters. The highest BCUT2D eigenvalue weighted by molar-refractivity contribution is 5.82. The maximum atomic E-state index is 12.3.